The second-order valence-corrected chi connectivity index (χ2v) is 12.7. The zero-order valence-corrected chi connectivity index (χ0v) is 25.8. The van der Waals surface area contributed by atoms with Crippen molar-refractivity contribution >= 4 is 55.7 Å². The lowest BCUT2D eigenvalue weighted by Gasteiger charge is -2.35. The van der Waals surface area contributed by atoms with Crippen LogP contribution < -0.4 is 4.74 Å². The number of hydrogen-bond acceptors (Lipinski definition) is 3. The van der Waals surface area contributed by atoms with Gasteiger partial charge in [-0.3, -0.25) is 17.9 Å². The first-order valence-electron chi connectivity index (χ1n) is 17.5. The van der Waals surface area contributed by atoms with Crippen molar-refractivity contribution in [2.75, 3.05) is 0 Å². The average Bonchev–Trinajstić information content (AvgIpc) is 3.87. The highest BCUT2D eigenvalue weighted by molar-refractivity contribution is 5.93. The fourth-order valence-corrected chi connectivity index (χ4v) is 7.76. The van der Waals surface area contributed by atoms with Crippen molar-refractivity contribution in [1.82, 2.24) is 27.9 Å². The van der Waals surface area contributed by atoms with Crippen LogP contribution in [0.2, 0.25) is 0 Å². The molecule has 1 unspecified atom stereocenters. The summed E-state index contributed by atoms with van der Waals surface area (Å²) in [5.41, 5.74) is 9.29. The number of hydrogen-bond donors (Lipinski definition) is 0. The van der Waals surface area contributed by atoms with E-state index < -0.39 is 12.3 Å². The Balaban J connectivity index is 1.12. The van der Waals surface area contributed by atoms with Crippen LogP contribution in [-0.2, 0) is 5.41 Å². The standard InChI is InChI=1S/C41H28N6O/c1-41(2)27-21-19-26(45-34-16-8-10-18-36(34)47-32-14-6-4-12-30(32)43-40(45)47)24-38(27)48-37-22-20-25(23-28(37)41)44-33-15-7-9-17-35(33)46-31-13-5-3-11-29(31)42-39(44)46/h3-24H,1-2H3/i1D3. The molecule has 0 amide bonds. The first-order chi connectivity index (χ1) is 24.8. The third-order valence-corrected chi connectivity index (χ3v) is 9.96. The minimum absolute atomic E-state index is 0.506. The molecule has 48 heavy (non-hydrogen) atoms. The molecule has 10 aromatic rings. The van der Waals surface area contributed by atoms with Crippen molar-refractivity contribution in [3.05, 3.63) is 145 Å². The van der Waals surface area contributed by atoms with Gasteiger partial charge in [-0.05, 0) is 72.8 Å². The molecule has 228 valence electrons. The summed E-state index contributed by atoms with van der Waals surface area (Å²) >= 11 is 0. The van der Waals surface area contributed by atoms with Gasteiger partial charge in [0.05, 0.1) is 49.8 Å². The number of rotatable bonds is 2. The number of fused-ring (bicyclic) bond motifs is 12. The number of para-hydroxylation sites is 8. The third kappa shape index (κ3) is 3.22. The Morgan fingerprint density at radius 2 is 1.02 bits per heavy atom. The van der Waals surface area contributed by atoms with E-state index in [-0.39, 0.29) is 0 Å². The Morgan fingerprint density at radius 1 is 0.521 bits per heavy atom. The molecule has 1 aliphatic heterocycles. The summed E-state index contributed by atoms with van der Waals surface area (Å²) < 4.78 is 42.1. The van der Waals surface area contributed by atoms with Crippen LogP contribution in [0.1, 0.15) is 29.0 Å². The fraction of sp³-hybridized carbons (Fsp3) is 0.0732. The van der Waals surface area contributed by atoms with Gasteiger partial charge in [0.15, 0.2) is 0 Å². The van der Waals surface area contributed by atoms with Gasteiger partial charge in [0.2, 0.25) is 11.6 Å². The molecule has 4 aromatic heterocycles. The molecule has 7 heteroatoms. The first-order valence-corrected chi connectivity index (χ1v) is 16.0. The van der Waals surface area contributed by atoms with Crippen LogP contribution in [0.3, 0.4) is 0 Å². The number of nitrogens with zero attached hydrogens (tertiary/aromatic N) is 6. The van der Waals surface area contributed by atoms with E-state index in [0.29, 0.717) is 22.6 Å². The van der Waals surface area contributed by atoms with Crippen molar-refractivity contribution in [1.29, 1.82) is 0 Å². The van der Waals surface area contributed by atoms with Crippen molar-refractivity contribution < 1.29 is 8.85 Å². The predicted molar refractivity (Wildman–Crippen MR) is 191 cm³/mol. The molecule has 0 fully saturated rings. The average molecular weight is 624 g/mol. The lowest BCUT2D eigenvalue weighted by molar-refractivity contribution is 0.418. The number of aromatic nitrogens is 6. The Morgan fingerprint density at radius 3 is 1.60 bits per heavy atom. The van der Waals surface area contributed by atoms with E-state index in [4.69, 9.17) is 18.8 Å². The molecular weight excluding hydrogens is 592 g/mol. The highest BCUT2D eigenvalue weighted by Gasteiger charge is 2.35. The van der Waals surface area contributed by atoms with Crippen LogP contribution in [0.5, 0.6) is 11.5 Å². The Bertz CT molecular complexity index is 3090. The molecule has 0 radical (unpaired) electrons. The normalized spacial score (nSPS) is 17.1. The monoisotopic (exact) mass is 623 g/mol. The molecule has 0 aliphatic carbocycles. The fourth-order valence-electron chi connectivity index (χ4n) is 7.76. The van der Waals surface area contributed by atoms with Crippen molar-refractivity contribution in [3.8, 4) is 22.9 Å². The largest absolute Gasteiger partial charge is 0.457 e. The van der Waals surface area contributed by atoms with Crippen molar-refractivity contribution in [3.63, 3.8) is 0 Å². The zero-order chi connectivity index (χ0) is 34.2. The van der Waals surface area contributed by atoms with E-state index >= 15 is 0 Å². The van der Waals surface area contributed by atoms with E-state index in [0.717, 1.165) is 67.1 Å². The van der Waals surface area contributed by atoms with E-state index in [1.165, 1.54) is 0 Å². The second kappa shape index (κ2) is 8.92. The Labute approximate surface area is 278 Å². The van der Waals surface area contributed by atoms with Gasteiger partial charge in [-0.2, -0.15) is 0 Å². The van der Waals surface area contributed by atoms with Crippen molar-refractivity contribution in [2.45, 2.75) is 19.2 Å². The maximum absolute atomic E-state index is 8.97. The van der Waals surface area contributed by atoms with Gasteiger partial charge in [0.25, 0.3) is 0 Å². The maximum Gasteiger partial charge on any atom is 0.220 e. The molecular formula is C41H28N6O. The van der Waals surface area contributed by atoms with Gasteiger partial charge < -0.3 is 4.74 Å². The quantitative estimate of drug-likeness (QED) is 0.193. The van der Waals surface area contributed by atoms with Crippen LogP contribution in [-0.4, -0.2) is 27.9 Å². The molecule has 11 rings (SSSR count). The van der Waals surface area contributed by atoms with E-state index in [9.17, 15) is 0 Å². The second-order valence-electron chi connectivity index (χ2n) is 12.7. The van der Waals surface area contributed by atoms with Crippen LogP contribution in [0.25, 0.3) is 67.1 Å². The molecule has 7 nitrogen and oxygen atoms in total. The van der Waals surface area contributed by atoms with Gasteiger partial charge >= 0.3 is 0 Å². The molecule has 0 saturated heterocycles. The van der Waals surface area contributed by atoms with Crippen LogP contribution in [0, 0.1) is 0 Å². The van der Waals surface area contributed by atoms with Gasteiger partial charge in [-0.1, -0.05) is 68.4 Å². The van der Waals surface area contributed by atoms with Gasteiger partial charge in [-0.15, -0.1) is 0 Å². The Kier molecular flexibility index (Phi) is 4.29. The predicted octanol–water partition coefficient (Wildman–Crippen LogP) is 9.61. The van der Waals surface area contributed by atoms with Crippen LogP contribution in [0.4, 0.5) is 0 Å². The maximum atomic E-state index is 8.97. The van der Waals surface area contributed by atoms with E-state index in [1.807, 2.05) is 97.1 Å². The first kappa shape index (κ1) is 23.1. The van der Waals surface area contributed by atoms with Gasteiger partial charge in [0, 0.05) is 32.4 Å². The summed E-state index contributed by atoms with van der Waals surface area (Å²) in [7, 11) is 0. The number of imidazole rings is 4. The summed E-state index contributed by atoms with van der Waals surface area (Å²) in [5, 5.41) is 0. The zero-order valence-electron chi connectivity index (χ0n) is 28.8. The molecule has 0 bridgehead atoms. The van der Waals surface area contributed by atoms with E-state index in [2.05, 4.69) is 54.3 Å². The molecule has 6 aromatic carbocycles. The SMILES string of the molecule is [2H]C([2H])([2H])C1(C)c2ccc(-n3c4ccccc4n4c5ccccc5nc34)cc2Oc2ccc(-n3c4ccccc4n4c5ccccc5nc34)cc21. The highest BCUT2D eigenvalue weighted by Crippen LogP contribution is 2.49. The lowest BCUT2D eigenvalue weighted by atomic mass is 9.75. The van der Waals surface area contributed by atoms with Gasteiger partial charge in [-0.25, -0.2) is 9.97 Å². The lowest BCUT2D eigenvalue weighted by Crippen LogP contribution is -2.24. The van der Waals surface area contributed by atoms with Gasteiger partial charge in [0.1, 0.15) is 11.5 Å². The van der Waals surface area contributed by atoms with Crippen LogP contribution >= 0.6 is 0 Å². The molecule has 0 spiro atoms. The molecule has 1 aliphatic rings. The van der Waals surface area contributed by atoms with E-state index in [1.54, 1.807) is 6.92 Å². The molecule has 5 heterocycles. The Hall–Kier alpha value is -6.34. The van der Waals surface area contributed by atoms with Crippen LogP contribution in [0.15, 0.2) is 133 Å². The minimum Gasteiger partial charge on any atom is -0.457 e. The summed E-state index contributed by atoms with van der Waals surface area (Å²) in [6, 6.07) is 44.3. The highest BCUT2D eigenvalue weighted by atomic mass is 16.5. The molecule has 0 saturated carbocycles. The third-order valence-electron chi connectivity index (χ3n) is 9.96. The summed E-state index contributed by atoms with van der Waals surface area (Å²) in [6.45, 7) is -0.591. The summed E-state index contributed by atoms with van der Waals surface area (Å²) in [5.74, 6) is 2.55. The minimum atomic E-state index is -2.40. The molecule has 0 N–H and O–H groups in total. The smallest absolute Gasteiger partial charge is 0.220 e. The summed E-state index contributed by atoms with van der Waals surface area (Å²) in [4.78, 5) is 10.0. The summed E-state index contributed by atoms with van der Waals surface area (Å²) in [6.07, 6.45) is 0. The van der Waals surface area contributed by atoms with Crippen molar-refractivity contribution in [2.24, 2.45) is 0 Å². The molecule has 1 atom stereocenters. The number of ether oxygens (including phenoxy) is 1. The number of benzene rings is 6. The topological polar surface area (TPSA) is 53.7 Å².